The van der Waals surface area contributed by atoms with Crippen molar-refractivity contribution in [3.63, 3.8) is 0 Å². The first kappa shape index (κ1) is 16.4. The maximum Gasteiger partial charge on any atom is 0.149 e. The molecule has 0 aliphatic rings. The number of imidazole rings is 1. The molecule has 4 aromatic rings. The standard InChI is InChI=1S/C18H20FN7/c1-3-15(4-5-19)26-12-14(10-22-26)18-23-16(13-9-21-24(2)11-13)8-17-20-6-7-25(17)18/h6-12,15H,3-5H2,1-2H3/t15-/m0/s1. The van der Waals surface area contributed by atoms with Gasteiger partial charge in [0.25, 0.3) is 0 Å². The van der Waals surface area contributed by atoms with E-state index in [4.69, 9.17) is 4.98 Å². The van der Waals surface area contributed by atoms with E-state index in [-0.39, 0.29) is 12.7 Å². The minimum atomic E-state index is -0.353. The van der Waals surface area contributed by atoms with Gasteiger partial charge in [-0.15, -0.1) is 0 Å². The van der Waals surface area contributed by atoms with Crippen molar-refractivity contribution in [3.8, 4) is 22.6 Å². The Hall–Kier alpha value is -3.03. The Morgan fingerprint density at radius 3 is 2.73 bits per heavy atom. The minimum Gasteiger partial charge on any atom is -0.284 e. The van der Waals surface area contributed by atoms with Gasteiger partial charge < -0.3 is 0 Å². The van der Waals surface area contributed by atoms with Crippen LogP contribution >= 0.6 is 0 Å². The smallest absolute Gasteiger partial charge is 0.149 e. The first-order valence-corrected chi connectivity index (χ1v) is 8.63. The first-order chi connectivity index (χ1) is 12.7. The highest BCUT2D eigenvalue weighted by Crippen LogP contribution is 2.26. The van der Waals surface area contributed by atoms with Gasteiger partial charge in [0, 0.05) is 43.5 Å². The average molecular weight is 353 g/mol. The van der Waals surface area contributed by atoms with E-state index in [1.54, 1.807) is 23.3 Å². The predicted molar refractivity (Wildman–Crippen MR) is 96.3 cm³/mol. The SMILES string of the molecule is CC[C@@H](CCF)n1cc(-c2nc(-c3cnn(C)c3)cc3nccn23)cn1. The molecule has 7 nitrogen and oxygen atoms in total. The molecule has 0 aliphatic heterocycles. The fraction of sp³-hybridized carbons (Fsp3) is 0.333. The van der Waals surface area contributed by atoms with Crippen molar-refractivity contribution in [1.29, 1.82) is 0 Å². The van der Waals surface area contributed by atoms with E-state index in [1.807, 2.05) is 47.7 Å². The van der Waals surface area contributed by atoms with Gasteiger partial charge in [0.1, 0.15) is 11.5 Å². The average Bonchev–Trinajstić information content (AvgIpc) is 3.38. The van der Waals surface area contributed by atoms with Crippen LogP contribution in [0.4, 0.5) is 4.39 Å². The Balaban J connectivity index is 1.81. The van der Waals surface area contributed by atoms with Crippen molar-refractivity contribution < 1.29 is 4.39 Å². The molecule has 0 bridgehead atoms. The third-order valence-corrected chi connectivity index (χ3v) is 4.54. The zero-order valence-electron chi connectivity index (χ0n) is 14.7. The molecular weight excluding hydrogens is 333 g/mol. The molecule has 0 radical (unpaired) electrons. The van der Waals surface area contributed by atoms with Gasteiger partial charge in [-0.3, -0.25) is 18.2 Å². The maximum absolute atomic E-state index is 12.8. The lowest BCUT2D eigenvalue weighted by molar-refractivity contribution is 0.352. The second kappa shape index (κ2) is 6.70. The number of aromatic nitrogens is 7. The van der Waals surface area contributed by atoms with Gasteiger partial charge in [-0.05, 0) is 12.8 Å². The minimum absolute atomic E-state index is 0.0496. The number of aryl methyl sites for hydroxylation is 1. The second-order valence-corrected chi connectivity index (χ2v) is 6.27. The molecule has 0 saturated heterocycles. The highest BCUT2D eigenvalue weighted by Gasteiger charge is 2.15. The Labute approximate surface area is 150 Å². The molecule has 0 N–H and O–H groups in total. The summed E-state index contributed by atoms with van der Waals surface area (Å²) >= 11 is 0. The number of hydrogen-bond donors (Lipinski definition) is 0. The van der Waals surface area contributed by atoms with Crippen LogP contribution in [0.1, 0.15) is 25.8 Å². The molecule has 0 saturated carbocycles. The zero-order valence-corrected chi connectivity index (χ0v) is 14.7. The topological polar surface area (TPSA) is 65.8 Å². The molecule has 26 heavy (non-hydrogen) atoms. The summed E-state index contributed by atoms with van der Waals surface area (Å²) in [5.41, 5.74) is 3.40. The summed E-state index contributed by atoms with van der Waals surface area (Å²) in [7, 11) is 1.87. The van der Waals surface area contributed by atoms with Crippen LogP contribution in [0.5, 0.6) is 0 Å². The highest BCUT2D eigenvalue weighted by molar-refractivity contribution is 5.68. The normalized spacial score (nSPS) is 12.7. The van der Waals surface area contributed by atoms with E-state index in [0.29, 0.717) is 6.42 Å². The molecule has 0 spiro atoms. The van der Waals surface area contributed by atoms with Crippen molar-refractivity contribution in [2.45, 2.75) is 25.8 Å². The molecule has 1 atom stereocenters. The number of fused-ring (bicyclic) bond motifs is 1. The van der Waals surface area contributed by atoms with Crippen LogP contribution in [-0.4, -0.2) is 40.6 Å². The fourth-order valence-corrected chi connectivity index (χ4v) is 3.13. The van der Waals surface area contributed by atoms with Gasteiger partial charge in [0.05, 0.1) is 36.4 Å². The fourth-order valence-electron chi connectivity index (χ4n) is 3.13. The molecule has 0 aromatic carbocycles. The summed E-state index contributed by atoms with van der Waals surface area (Å²) in [5, 5.41) is 8.66. The quantitative estimate of drug-likeness (QED) is 0.533. The number of rotatable bonds is 6. The summed E-state index contributed by atoms with van der Waals surface area (Å²) in [6.07, 6.45) is 12.3. The van der Waals surface area contributed by atoms with Crippen LogP contribution in [-0.2, 0) is 7.05 Å². The number of halogens is 1. The van der Waals surface area contributed by atoms with E-state index in [2.05, 4.69) is 15.2 Å². The van der Waals surface area contributed by atoms with Gasteiger partial charge in [-0.1, -0.05) is 6.92 Å². The van der Waals surface area contributed by atoms with Crippen LogP contribution in [0.15, 0.2) is 43.2 Å². The molecule has 0 aliphatic carbocycles. The number of nitrogens with zero attached hydrogens (tertiary/aromatic N) is 7. The Morgan fingerprint density at radius 2 is 2.00 bits per heavy atom. The van der Waals surface area contributed by atoms with Crippen molar-refractivity contribution in [2.24, 2.45) is 7.05 Å². The van der Waals surface area contributed by atoms with Crippen molar-refractivity contribution >= 4 is 5.65 Å². The van der Waals surface area contributed by atoms with Gasteiger partial charge in [0.15, 0.2) is 0 Å². The van der Waals surface area contributed by atoms with Crippen LogP contribution in [0, 0.1) is 0 Å². The van der Waals surface area contributed by atoms with Crippen molar-refractivity contribution in [3.05, 3.63) is 43.2 Å². The van der Waals surface area contributed by atoms with Crippen molar-refractivity contribution in [1.82, 2.24) is 33.9 Å². The zero-order chi connectivity index (χ0) is 18.1. The molecule has 0 fully saturated rings. The monoisotopic (exact) mass is 353 g/mol. The van der Waals surface area contributed by atoms with E-state index in [9.17, 15) is 4.39 Å². The summed E-state index contributed by atoms with van der Waals surface area (Å²) < 4.78 is 18.3. The van der Waals surface area contributed by atoms with Crippen LogP contribution in [0.3, 0.4) is 0 Å². The molecule has 4 aromatic heterocycles. The molecule has 4 rings (SSSR count). The third kappa shape index (κ3) is 2.87. The van der Waals surface area contributed by atoms with Gasteiger partial charge >= 0.3 is 0 Å². The summed E-state index contributed by atoms with van der Waals surface area (Å²) in [5.74, 6) is 0.750. The predicted octanol–water partition coefficient (Wildman–Crippen LogP) is 3.30. The number of alkyl halides is 1. The molecule has 8 heteroatoms. The number of hydrogen-bond acceptors (Lipinski definition) is 4. The van der Waals surface area contributed by atoms with Crippen LogP contribution in [0.25, 0.3) is 28.3 Å². The van der Waals surface area contributed by atoms with Crippen LogP contribution < -0.4 is 0 Å². The van der Waals surface area contributed by atoms with Crippen molar-refractivity contribution in [2.75, 3.05) is 6.67 Å². The molecule has 4 heterocycles. The first-order valence-electron chi connectivity index (χ1n) is 8.63. The third-order valence-electron chi connectivity index (χ3n) is 4.54. The molecule has 0 unspecified atom stereocenters. The summed E-state index contributed by atoms with van der Waals surface area (Å²) in [4.78, 5) is 9.22. The lowest BCUT2D eigenvalue weighted by atomic mass is 10.2. The Kier molecular flexibility index (Phi) is 4.24. The molecule has 0 amide bonds. The Morgan fingerprint density at radius 1 is 1.15 bits per heavy atom. The lowest BCUT2D eigenvalue weighted by Gasteiger charge is -2.13. The second-order valence-electron chi connectivity index (χ2n) is 6.27. The molecular formula is C18H20FN7. The van der Waals surface area contributed by atoms with E-state index in [0.717, 1.165) is 34.7 Å². The van der Waals surface area contributed by atoms with E-state index in [1.165, 1.54) is 0 Å². The molecule has 134 valence electrons. The van der Waals surface area contributed by atoms with Gasteiger partial charge in [-0.25, -0.2) is 9.97 Å². The lowest BCUT2D eigenvalue weighted by Crippen LogP contribution is -2.09. The summed E-state index contributed by atoms with van der Waals surface area (Å²) in [6, 6.07) is 1.98. The largest absolute Gasteiger partial charge is 0.284 e. The van der Waals surface area contributed by atoms with Gasteiger partial charge in [-0.2, -0.15) is 10.2 Å². The van der Waals surface area contributed by atoms with E-state index >= 15 is 0 Å². The maximum atomic E-state index is 12.8. The highest BCUT2D eigenvalue weighted by atomic mass is 19.1. The summed E-state index contributed by atoms with van der Waals surface area (Å²) in [6.45, 7) is 1.69. The van der Waals surface area contributed by atoms with Crippen LogP contribution in [0.2, 0.25) is 0 Å². The van der Waals surface area contributed by atoms with E-state index < -0.39 is 0 Å². The Bertz CT molecular complexity index is 1030. The van der Waals surface area contributed by atoms with Gasteiger partial charge in [0.2, 0.25) is 0 Å².